The smallest absolute Gasteiger partial charge is 0.127 e. The van der Waals surface area contributed by atoms with Crippen LogP contribution in [0.4, 0.5) is 0 Å². The van der Waals surface area contributed by atoms with Crippen LogP contribution in [0.1, 0.15) is 23.6 Å². The van der Waals surface area contributed by atoms with Gasteiger partial charge in [0.1, 0.15) is 17.8 Å². The van der Waals surface area contributed by atoms with E-state index < -0.39 is 0 Å². The van der Waals surface area contributed by atoms with Gasteiger partial charge < -0.3 is 14.6 Å². The second kappa shape index (κ2) is 6.06. The third kappa shape index (κ3) is 3.03. The fourth-order valence-electron chi connectivity index (χ4n) is 2.63. The number of aliphatic hydroxyl groups is 1. The largest absolute Gasteiger partial charge is 0.512 e. The molecule has 1 atom stereocenters. The van der Waals surface area contributed by atoms with Gasteiger partial charge in [-0.3, -0.25) is 0 Å². The summed E-state index contributed by atoms with van der Waals surface area (Å²) in [6.45, 7) is 2.01. The molecule has 1 aliphatic carbocycles. The molecule has 112 valence electrons. The van der Waals surface area contributed by atoms with Gasteiger partial charge in [-0.2, -0.15) is 0 Å². The topological polar surface area (TPSA) is 46.5 Å². The molecule has 1 aliphatic rings. The molecule has 0 saturated heterocycles. The predicted octanol–water partition coefficient (Wildman–Crippen LogP) is 4.31. The molecule has 0 radical (unpaired) electrons. The maximum atomic E-state index is 10.5. The lowest BCUT2D eigenvalue weighted by molar-refractivity contribution is -0.107. The Bertz CT molecular complexity index is 714. The Labute approximate surface area is 129 Å². The van der Waals surface area contributed by atoms with Crippen LogP contribution in [0.2, 0.25) is 0 Å². The number of carbonyl (C=O) groups is 1. The zero-order chi connectivity index (χ0) is 15.5. The van der Waals surface area contributed by atoms with Crippen molar-refractivity contribution in [1.82, 2.24) is 0 Å². The molecule has 2 aromatic carbocycles. The number of carbonyl (C=O) groups excluding carboxylic acids is 1. The van der Waals surface area contributed by atoms with Crippen LogP contribution in [-0.4, -0.2) is 11.4 Å². The van der Waals surface area contributed by atoms with Gasteiger partial charge in [-0.15, -0.1) is 0 Å². The van der Waals surface area contributed by atoms with Gasteiger partial charge in [0.2, 0.25) is 0 Å². The van der Waals surface area contributed by atoms with Gasteiger partial charge in [-0.05, 0) is 53.5 Å². The minimum Gasteiger partial charge on any atom is -0.512 e. The first-order valence-electron chi connectivity index (χ1n) is 7.39. The number of hydrogen-bond donors (Lipinski definition) is 1. The summed E-state index contributed by atoms with van der Waals surface area (Å²) in [5.41, 5.74) is 3.20. The maximum Gasteiger partial charge on any atom is 0.127 e. The summed E-state index contributed by atoms with van der Waals surface area (Å²) in [4.78, 5) is 10.5. The maximum absolute atomic E-state index is 10.5. The van der Waals surface area contributed by atoms with E-state index in [2.05, 4.69) is 0 Å². The highest BCUT2D eigenvalue weighted by Crippen LogP contribution is 2.31. The average Bonchev–Trinajstić information content (AvgIpc) is 2.51. The van der Waals surface area contributed by atoms with E-state index in [4.69, 9.17) is 4.74 Å². The third-order valence-corrected chi connectivity index (χ3v) is 3.93. The van der Waals surface area contributed by atoms with Gasteiger partial charge in [0.25, 0.3) is 0 Å². The quantitative estimate of drug-likeness (QED) is 0.855. The highest BCUT2D eigenvalue weighted by molar-refractivity contribution is 5.60. The van der Waals surface area contributed by atoms with Crippen LogP contribution in [0.5, 0.6) is 11.5 Å². The molecule has 1 N–H and O–H groups in total. The molecule has 3 rings (SSSR count). The normalized spacial score (nSPS) is 16.6. The second-order valence-corrected chi connectivity index (χ2v) is 5.65. The molecule has 0 aromatic heterocycles. The predicted molar refractivity (Wildman–Crippen MR) is 86.2 cm³/mol. The molecule has 0 fully saturated rings. The zero-order valence-corrected chi connectivity index (χ0v) is 12.5. The van der Waals surface area contributed by atoms with Crippen molar-refractivity contribution >= 4 is 12.4 Å². The third-order valence-electron chi connectivity index (χ3n) is 3.93. The minimum atomic E-state index is 0.144. The molecule has 2 aromatic rings. The van der Waals surface area contributed by atoms with E-state index >= 15 is 0 Å². The number of allylic oxidation sites excluding steroid dienone is 1. The van der Waals surface area contributed by atoms with Crippen LogP contribution in [0, 0.1) is 5.92 Å². The standard InChI is InChI=1S/C19H18O3/c1-13-10-16-11-18(7-4-15(16)12-19(13)21)22-17-5-2-14(3-6-17)8-9-20/h2-7,9,11-13,21H,8,10H2,1H3. The van der Waals surface area contributed by atoms with E-state index in [9.17, 15) is 9.90 Å². The second-order valence-electron chi connectivity index (χ2n) is 5.65. The van der Waals surface area contributed by atoms with Crippen molar-refractivity contribution in [2.24, 2.45) is 5.92 Å². The van der Waals surface area contributed by atoms with Crippen molar-refractivity contribution in [3.63, 3.8) is 0 Å². The molecule has 3 heteroatoms. The van der Waals surface area contributed by atoms with Gasteiger partial charge in [0, 0.05) is 12.3 Å². The lowest BCUT2D eigenvalue weighted by Gasteiger charge is -2.19. The molecule has 3 nitrogen and oxygen atoms in total. The lowest BCUT2D eigenvalue weighted by atomic mass is 9.89. The zero-order valence-electron chi connectivity index (χ0n) is 12.5. The van der Waals surface area contributed by atoms with E-state index in [1.54, 1.807) is 0 Å². The Morgan fingerprint density at radius 3 is 2.64 bits per heavy atom. The number of rotatable bonds is 4. The summed E-state index contributed by atoms with van der Waals surface area (Å²) >= 11 is 0. The van der Waals surface area contributed by atoms with Crippen LogP contribution < -0.4 is 4.74 Å². The van der Waals surface area contributed by atoms with Gasteiger partial charge in [0.15, 0.2) is 0 Å². The molecule has 0 saturated carbocycles. The summed E-state index contributed by atoms with van der Waals surface area (Å²) in [7, 11) is 0. The molecule has 0 heterocycles. The summed E-state index contributed by atoms with van der Waals surface area (Å²) in [6.07, 6.45) is 3.95. The SMILES string of the molecule is CC1Cc2cc(Oc3ccc(CC=O)cc3)ccc2C=C1O. The van der Waals surface area contributed by atoms with Gasteiger partial charge >= 0.3 is 0 Å². The van der Waals surface area contributed by atoms with Crippen LogP contribution in [0.15, 0.2) is 48.2 Å². The number of ether oxygens (including phenoxy) is 1. The van der Waals surface area contributed by atoms with Crippen molar-refractivity contribution in [1.29, 1.82) is 0 Å². The summed E-state index contributed by atoms with van der Waals surface area (Å²) in [5, 5.41) is 9.80. The monoisotopic (exact) mass is 294 g/mol. The highest BCUT2D eigenvalue weighted by atomic mass is 16.5. The average molecular weight is 294 g/mol. The Kier molecular flexibility index (Phi) is 3.96. The van der Waals surface area contributed by atoms with E-state index in [1.807, 2.05) is 55.5 Å². The molecule has 22 heavy (non-hydrogen) atoms. The summed E-state index contributed by atoms with van der Waals surface area (Å²) < 4.78 is 5.87. The summed E-state index contributed by atoms with van der Waals surface area (Å²) in [6, 6.07) is 13.4. The number of fused-ring (bicyclic) bond motifs is 1. The van der Waals surface area contributed by atoms with Crippen LogP contribution in [0.3, 0.4) is 0 Å². The molecule has 1 unspecified atom stereocenters. The van der Waals surface area contributed by atoms with Crippen molar-refractivity contribution in [2.45, 2.75) is 19.8 Å². The Hall–Kier alpha value is -2.55. The first-order valence-corrected chi connectivity index (χ1v) is 7.39. The fraction of sp³-hybridized carbons (Fsp3) is 0.211. The molecule has 0 aliphatic heterocycles. The van der Waals surface area contributed by atoms with E-state index in [0.29, 0.717) is 12.2 Å². The molecular weight excluding hydrogens is 276 g/mol. The van der Waals surface area contributed by atoms with E-state index in [-0.39, 0.29) is 5.92 Å². The Balaban J connectivity index is 1.79. The number of benzene rings is 2. The van der Waals surface area contributed by atoms with Crippen molar-refractivity contribution < 1.29 is 14.6 Å². The van der Waals surface area contributed by atoms with Crippen molar-refractivity contribution in [3.05, 3.63) is 64.9 Å². The van der Waals surface area contributed by atoms with Gasteiger partial charge in [-0.25, -0.2) is 0 Å². The number of hydrogen-bond acceptors (Lipinski definition) is 3. The lowest BCUT2D eigenvalue weighted by Crippen LogP contribution is -2.09. The van der Waals surface area contributed by atoms with Crippen LogP contribution in [0.25, 0.3) is 6.08 Å². The van der Waals surface area contributed by atoms with Crippen LogP contribution in [-0.2, 0) is 17.6 Å². The molecule has 0 spiro atoms. The van der Waals surface area contributed by atoms with Gasteiger partial charge in [-0.1, -0.05) is 25.1 Å². The van der Waals surface area contributed by atoms with Crippen molar-refractivity contribution in [2.75, 3.05) is 0 Å². The first-order chi connectivity index (χ1) is 10.7. The van der Waals surface area contributed by atoms with Crippen molar-refractivity contribution in [3.8, 4) is 11.5 Å². The fourth-order valence-corrected chi connectivity index (χ4v) is 2.63. The summed E-state index contributed by atoms with van der Waals surface area (Å²) in [5.74, 6) is 2.11. The van der Waals surface area contributed by atoms with E-state index in [0.717, 1.165) is 35.3 Å². The van der Waals surface area contributed by atoms with Crippen LogP contribution >= 0.6 is 0 Å². The Morgan fingerprint density at radius 2 is 1.91 bits per heavy atom. The minimum absolute atomic E-state index is 0.144. The number of aldehydes is 1. The number of aliphatic hydroxyl groups excluding tert-OH is 1. The molecular formula is C19H18O3. The Morgan fingerprint density at radius 1 is 1.18 bits per heavy atom. The molecule has 0 amide bonds. The van der Waals surface area contributed by atoms with E-state index in [1.165, 1.54) is 5.56 Å². The first kappa shape index (κ1) is 14.4. The van der Waals surface area contributed by atoms with Gasteiger partial charge in [0.05, 0.1) is 5.76 Å². The highest BCUT2D eigenvalue weighted by Gasteiger charge is 2.17. The molecule has 0 bridgehead atoms.